The van der Waals surface area contributed by atoms with E-state index in [0.717, 1.165) is 19.3 Å². The van der Waals surface area contributed by atoms with E-state index in [4.69, 9.17) is 10.8 Å². The Bertz CT molecular complexity index is 248. The molecule has 1 fully saturated rings. The summed E-state index contributed by atoms with van der Waals surface area (Å²) in [6.07, 6.45) is 4.38. The molecule has 1 aliphatic carbocycles. The van der Waals surface area contributed by atoms with E-state index in [1.165, 1.54) is 6.42 Å². The predicted molar refractivity (Wildman–Crippen MR) is 65.1 cm³/mol. The molecule has 0 radical (unpaired) electrons. The summed E-state index contributed by atoms with van der Waals surface area (Å²) in [5.74, 6) is 0.327. The Morgan fingerprint density at radius 2 is 2.12 bits per heavy atom. The molecule has 0 amide bonds. The lowest BCUT2D eigenvalue weighted by molar-refractivity contribution is -0.142. The van der Waals surface area contributed by atoms with Crippen LogP contribution in [0.1, 0.15) is 52.9 Å². The summed E-state index contributed by atoms with van der Waals surface area (Å²) in [5, 5.41) is 9.12. The van der Waals surface area contributed by atoms with Crippen LogP contribution in [-0.4, -0.2) is 17.1 Å². The van der Waals surface area contributed by atoms with Crippen molar-refractivity contribution in [1.29, 1.82) is 0 Å². The zero-order chi connectivity index (χ0) is 12.3. The standard InChI is InChI=1S/C13H25NO2/c1-4-11(14)13(8-12(15)16)7-9(2)5-6-10(13)3/h9-11H,4-8,14H2,1-3H3,(H,15,16). The Balaban J connectivity index is 2.94. The van der Waals surface area contributed by atoms with Crippen molar-refractivity contribution in [2.45, 2.75) is 58.9 Å². The van der Waals surface area contributed by atoms with Crippen LogP contribution in [0.3, 0.4) is 0 Å². The lowest BCUT2D eigenvalue weighted by Crippen LogP contribution is -2.50. The van der Waals surface area contributed by atoms with Gasteiger partial charge in [0.2, 0.25) is 0 Å². The molecule has 94 valence electrons. The second kappa shape index (κ2) is 5.17. The Morgan fingerprint density at radius 1 is 1.50 bits per heavy atom. The summed E-state index contributed by atoms with van der Waals surface area (Å²) in [7, 11) is 0. The molecule has 0 heterocycles. The first-order valence-corrected chi connectivity index (χ1v) is 6.39. The van der Waals surface area contributed by atoms with Gasteiger partial charge in [-0.1, -0.05) is 27.2 Å². The average Bonchev–Trinajstić information content (AvgIpc) is 2.21. The fraction of sp³-hybridized carbons (Fsp3) is 0.923. The molecule has 0 aromatic rings. The monoisotopic (exact) mass is 227 g/mol. The van der Waals surface area contributed by atoms with Gasteiger partial charge in [-0.2, -0.15) is 0 Å². The van der Waals surface area contributed by atoms with Crippen LogP contribution in [0, 0.1) is 17.3 Å². The first kappa shape index (κ1) is 13.5. The van der Waals surface area contributed by atoms with Crippen molar-refractivity contribution in [2.24, 2.45) is 23.0 Å². The number of hydrogen-bond acceptors (Lipinski definition) is 2. The second-order valence-electron chi connectivity index (χ2n) is 5.61. The largest absolute Gasteiger partial charge is 0.481 e. The molecule has 0 saturated heterocycles. The Kier molecular flexibility index (Phi) is 4.36. The van der Waals surface area contributed by atoms with Crippen molar-refractivity contribution in [2.75, 3.05) is 0 Å². The molecule has 1 rings (SSSR count). The van der Waals surface area contributed by atoms with Gasteiger partial charge in [0, 0.05) is 6.04 Å². The number of rotatable bonds is 4. The van der Waals surface area contributed by atoms with E-state index in [0.29, 0.717) is 11.8 Å². The highest BCUT2D eigenvalue weighted by Gasteiger charge is 2.45. The summed E-state index contributed by atoms with van der Waals surface area (Å²) >= 11 is 0. The van der Waals surface area contributed by atoms with Gasteiger partial charge in [-0.3, -0.25) is 4.79 Å². The highest BCUT2D eigenvalue weighted by Crippen LogP contribution is 2.48. The SMILES string of the molecule is CCC(N)C1(CC(=O)O)CC(C)CCC1C. The highest BCUT2D eigenvalue weighted by atomic mass is 16.4. The van der Waals surface area contributed by atoms with Crippen LogP contribution in [0.5, 0.6) is 0 Å². The third-order valence-electron chi connectivity index (χ3n) is 4.46. The van der Waals surface area contributed by atoms with Crippen LogP contribution in [0.2, 0.25) is 0 Å². The van der Waals surface area contributed by atoms with Crippen LogP contribution in [0.25, 0.3) is 0 Å². The molecular weight excluding hydrogens is 202 g/mol. The van der Waals surface area contributed by atoms with Crippen molar-refractivity contribution in [3.8, 4) is 0 Å². The summed E-state index contributed by atoms with van der Waals surface area (Å²) in [4.78, 5) is 11.1. The summed E-state index contributed by atoms with van der Waals surface area (Å²) in [6, 6.07) is 0.0151. The van der Waals surface area contributed by atoms with Crippen molar-refractivity contribution in [1.82, 2.24) is 0 Å². The van der Waals surface area contributed by atoms with E-state index in [9.17, 15) is 4.79 Å². The van der Waals surface area contributed by atoms with Gasteiger partial charge in [-0.25, -0.2) is 0 Å². The fourth-order valence-electron chi connectivity index (χ4n) is 3.36. The normalized spacial score (nSPS) is 37.0. The number of carbonyl (C=O) groups is 1. The minimum absolute atomic E-state index is 0.0151. The molecule has 1 aliphatic rings. The molecule has 1 saturated carbocycles. The van der Waals surface area contributed by atoms with Gasteiger partial charge in [0.25, 0.3) is 0 Å². The minimum atomic E-state index is -0.704. The first-order valence-electron chi connectivity index (χ1n) is 6.39. The molecule has 0 bridgehead atoms. The average molecular weight is 227 g/mol. The van der Waals surface area contributed by atoms with E-state index in [1.54, 1.807) is 0 Å². The third kappa shape index (κ3) is 2.57. The Hall–Kier alpha value is -0.570. The molecule has 3 N–H and O–H groups in total. The zero-order valence-electron chi connectivity index (χ0n) is 10.7. The summed E-state index contributed by atoms with van der Waals surface area (Å²) in [5.41, 5.74) is 6.04. The highest BCUT2D eigenvalue weighted by molar-refractivity contribution is 5.68. The van der Waals surface area contributed by atoms with E-state index >= 15 is 0 Å². The maximum atomic E-state index is 11.1. The van der Waals surface area contributed by atoms with Crippen LogP contribution in [0.4, 0.5) is 0 Å². The van der Waals surface area contributed by atoms with E-state index < -0.39 is 5.97 Å². The maximum Gasteiger partial charge on any atom is 0.303 e. The molecule has 0 spiro atoms. The van der Waals surface area contributed by atoms with Crippen molar-refractivity contribution in [3.05, 3.63) is 0 Å². The maximum absolute atomic E-state index is 11.1. The second-order valence-corrected chi connectivity index (χ2v) is 5.61. The van der Waals surface area contributed by atoms with Gasteiger partial charge in [-0.15, -0.1) is 0 Å². The van der Waals surface area contributed by atoms with Crippen molar-refractivity contribution < 1.29 is 9.90 Å². The smallest absolute Gasteiger partial charge is 0.303 e. The molecule has 3 heteroatoms. The summed E-state index contributed by atoms with van der Waals surface area (Å²) < 4.78 is 0. The quantitative estimate of drug-likeness (QED) is 0.776. The first-order chi connectivity index (χ1) is 7.42. The van der Waals surface area contributed by atoms with Gasteiger partial charge in [0.15, 0.2) is 0 Å². The van der Waals surface area contributed by atoms with Gasteiger partial charge in [-0.05, 0) is 36.5 Å². The Morgan fingerprint density at radius 3 is 2.62 bits per heavy atom. The summed E-state index contributed by atoms with van der Waals surface area (Å²) in [6.45, 7) is 6.44. The predicted octanol–water partition coefficient (Wildman–Crippen LogP) is 2.64. The van der Waals surface area contributed by atoms with E-state index in [-0.39, 0.29) is 17.9 Å². The molecule has 4 unspecified atom stereocenters. The lowest BCUT2D eigenvalue weighted by atomic mass is 9.58. The third-order valence-corrected chi connectivity index (χ3v) is 4.46. The van der Waals surface area contributed by atoms with Gasteiger partial charge < -0.3 is 10.8 Å². The molecule has 0 aliphatic heterocycles. The molecular formula is C13H25NO2. The zero-order valence-corrected chi connectivity index (χ0v) is 10.7. The molecule has 0 aromatic carbocycles. The number of nitrogens with two attached hydrogens (primary N) is 1. The van der Waals surface area contributed by atoms with E-state index in [1.807, 2.05) is 0 Å². The number of carboxylic acids is 1. The van der Waals surface area contributed by atoms with Gasteiger partial charge in [0.05, 0.1) is 6.42 Å². The molecule has 4 atom stereocenters. The topological polar surface area (TPSA) is 63.3 Å². The lowest BCUT2D eigenvalue weighted by Gasteiger charge is -2.48. The van der Waals surface area contributed by atoms with Gasteiger partial charge >= 0.3 is 5.97 Å². The number of hydrogen-bond donors (Lipinski definition) is 2. The molecule has 16 heavy (non-hydrogen) atoms. The van der Waals surface area contributed by atoms with Gasteiger partial charge in [0.1, 0.15) is 0 Å². The molecule has 0 aromatic heterocycles. The van der Waals surface area contributed by atoms with Crippen LogP contribution >= 0.6 is 0 Å². The number of carboxylic acid groups (broad SMARTS) is 1. The van der Waals surface area contributed by atoms with E-state index in [2.05, 4.69) is 20.8 Å². The Labute approximate surface area is 98.4 Å². The van der Waals surface area contributed by atoms with Crippen LogP contribution in [-0.2, 0) is 4.79 Å². The van der Waals surface area contributed by atoms with Crippen LogP contribution in [0.15, 0.2) is 0 Å². The van der Waals surface area contributed by atoms with Crippen LogP contribution < -0.4 is 5.73 Å². The number of aliphatic carboxylic acids is 1. The van der Waals surface area contributed by atoms with Crippen molar-refractivity contribution >= 4 is 5.97 Å². The minimum Gasteiger partial charge on any atom is -0.481 e. The van der Waals surface area contributed by atoms with Crippen molar-refractivity contribution in [3.63, 3.8) is 0 Å². The fourth-order valence-corrected chi connectivity index (χ4v) is 3.36. The molecule has 3 nitrogen and oxygen atoms in total.